The number of hydrogen-bond acceptors (Lipinski definition) is 5. The van der Waals surface area contributed by atoms with Gasteiger partial charge >= 0.3 is 6.18 Å². The van der Waals surface area contributed by atoms with Gasteiger partial charge < -0.3 is 9.80 Å². The summed E-state index contributed by atoms with van der Waals surface area (Å²) < 4.78 is 38.7. The SMILES string of the molecule is N=C(n1nc(N2CCN(C(=O)Cc3ccc(Cl)c(Cl)c3)CC2)ccc1=N)C(F)(F)F. The van der Waals surface area contributed by atoms with Crippen LogP contribution in [-0.4, -0.2) is 58.8 Å². The molecule has 30 heavy (non-hydrogen) atoms. The van der Waals surface area contributed by atoms with Gasteiger partial charge in [-0.3, -0.25) is 15.6 Å². The number of hydrogen-bond donors (Lipinski definition) is 2. The zero-order chi connectivity index (χ0) is 22.1. The van der Waals surface area contributed by atoms with E-state index in [-0.39, 0.29) is 22.8 Å². The number of anilines is 1. The average molecular weight is 461 g/mol. The molecule has 1 fully saturated rings. The maximum atomic E-state index is 12.8. The van der Waals surface area contributed by atoms with Crippen LogP contribution >= 0.6 is 23.2 Å². The van der Waals surface area contributed by atoms with Crippen molar-refractivity contribution in [1.82, 2.24) is 14.7 Å². The maximum Gasteiger partial charge on any atom is 0.451 e. The summed E-state index contributed by atoms with van der Waals surface area (Å²) in [6.07, 6.45) is -4.76. The topological polar surface area (TPSA) is 89.1 Å². The fraction of sp³-hybridized carbons (Fsp3) is 0.333. The van der Waals surface area contributed by atoms with Crippen LogP contribution in [0.15, 0.2) is 30.3 Å². The largest absolute Gasteiger partial charge is 0.451 e. The Labute approximate surface area is 179 Å². The molecule has 0 aliphatic carbocycles. The zero-order valence-corrected chi connectivity index (χ0v) is 17.0. The maximum absolute atomic E-state index is 12.8. The molecule has 2 N–H and O–H groups in total. The number of alkyl halides is 3. The molecular weight excluding hydrogens is 444 g/mol. The summed E-state index contributed by atoms with van der Waals surface area (Å²) in [6.45, 7) is 1.44. The number of carbonyl (C=O) groups is 1. The fourth-order valence-electron chi connectivity index (χ4n) is 2.99. The summed E-state index contributed by atoms with van der Waals surface area (Å²) in [5, 5.41) is 19.4. The van der Waals surface area contributed by atoms with Gasteiger partial charge in [0.25, 0.3) is 0 Å². The van der Waals surface area contributed by atoms with Crippen LogP contribution in [0.3, 0.4) is 0 Å². The molecule has 7 nitrogen and oxygen atoms in total. The van der Waals surface area contributed by atoms with Crippen molar-refractivity contribution >= 4 is 40.8 Å². The van der Waals surface area contributed by atoms with Crippen molar-refractivity contribution in [1.29, 1.82) is 10.8 Å². The lowest BCUT2D eigenvalue weighted by molar-refractivity contribution is -0.130. The van der Waals surface area contributed by atoms with E-state index in [4.69, 9.17) is 34.0 Å². The lowest BCUT2D eigenvalue weighted by atomic mass is 10.1. The second kappa shape index (κ2) is 8.65. The van der Waals surface area contributed by atoms with Gasteiger partial charge in [0.05, 0.1) is 16.5 Å². The van der Waals surface area contributed by atoms with E-state index in [1.807, 2.05) is 0 Å². The Hall–Kier alpha value is -2.59. The first kappa shape index (κ1) is 22.1. The summed E-state index contributed by atoms with van der Waals surface area (Å²) in [7, 11) is 0. The van der Waals surface area contributed by atoms with Gasteiger partial charge in [-0.05, 0) is 29.8 Å². The van der Waals surface area contributed by atoms with Crippen molar-refractivity contribution in [2.75, 3.05) is 31.1 Å². The molecular formula is C18H17Cl2F3N6O. The average Bonchev–Trinajstić information content (AvgIpc) is 2.70. The minimum atomic E-state index is -4.91. The second-order valence-electron chi connectivity index (χ2n) is 6.63. The number of piperazine rings is 1. The lowest BCUT2D eigenvalue weighted by Gasteiger charge is -2.35. The number of halogens is 5. The second-order valence-corrected chi connectivity index (χ2v) is 7.44. The van der Waals surface area contributed by atoms with Gasteiger partial charge in [0.2, 0.25) is 11.7 Å². The molecule has 0 unspecified atom stereocenters. The number of carbonyl (C=O) groups excluding carboxylic acids is 1. The van der Waals surface area contributed by atoms with Crippen LogP contribution in [-0.2, 0) is 11.2 Å². The van der Waals surface area contributed by atoms with E-state index >= 15 is 0 Å². The Morgan fingerprint density at radius 2 is 1.73 bits per heavy atom. The van der Waals surface area contributed by atoms with Crippen LogP contribution in [0.4, 0.5) is 19.0 Å². The van der Waals surface area contributed by atoms with E-state index < -0.39 is 17.5 Å². The number of nitrogens with one attached hydrogen (secondary N) is 2. The van der Waals surface area contributed by atoms with Crippen molar-refractivity contribution in [3.05, 3.63) is 51.4 Å². The number of rotatable bonds is 3. The summed E-state index contributed by atoms with van der Waals surface area (Å²) >= 11 is 11.9. The molecule has 1 aromatic carbocycles. The third-order valence-corrected chi connectivity index (χ3v) is 5.34. The molecule has 1 saturated heterocycles. The van der Waals surface area contributed by atoms with Crippen LogP contribution in [0, 0.1) is 10.8 Å². The minimum absolute atomic E-state index is 0.101. The summed E-state index contributed by atoms with van der Waals surface area (Å²) in [4.78, 5) is 15.9. The van der Waals surface area contributed by atoms with E-state index in [0.29, 0.717) is 36.2 Å². The van der Waals surface area contributed by atoms with Gasteiger partial charge in [0.15, 0.2) is 0 Å². The zero-order valence-electron chi connectivity index (χ0n) is 15.5. The normalized spacial score (nSPS) is 14.7. The molecule has 0 radical (unpaired) electrons. The van der Waals surface area contributed by atoms with Crippen LogP contribution in [0.1, 0.15) is 5.56 Å². The highest BCUT2D eigenvalue weighted by atomic mass is 35.5. The first-order chi connectivity index (χ1) is 14.1. The third-order valence-electron chi connectivity index (χ3n) is 4.60. The van der Waals surface area contributed by atoms with E-state index in [0.717, 1.165) is 11.6 Å². The first-order valence-electron chi connectivity index (χ1n) is 8.84. The quantitative estimate of drug-likeness (QED) is 0.544. The Balaban J connectivity index is 1.65. The number of aromatic nitrogens is 2. The van der Waals surface area contributed by atoms with Crippen molar-refractivity contribution in [3.63, 3.8) is 0 Å². The Kier molecular flexibility index (Phi) is 6.37. The number of amides is 1. The summed E-state index contributed by atoms with van der Waals surface area (Å²) in [5.41, 5.74) is 0.188. The number of benzene rings is 1. The van der Waals surface area contributed by atoms with Crippen molar-refractivity contribution in [3.8, 4) is 0 Å². The van der Waals surface area contributed by atoms with E-state index in [9.17, 15) is 18.0 Å². The first-order valence-corrected chi connectivity index (χ1v) is 9.59. The highest BCUT2D eigenvalue weighted by molar-refractivity contribution is 6.42. The van der Waals surface area contributed by atoms with Crippen LogP contribution < -0.4 is 10.4 Å². The molecule has 160 valence electrons. The predicted octanol–water partition coefficient (Wildman–Crippen LogP) is 2.95. The van der Waals surface area contributed by atoms with Crippen molar-refractivity contribution in [2.45, 2.75) is 12.6 Å². The smallest absolute Gasteiger partial charge is 0.352 e. The van der Waals surface area contributed by atoms with E-state index in [1.165, 1.54) is 6.07 Å². The van der Waals surface area contributed by atoms with Crippen molar-refractivity contribution < 1.29 is 18.0 Å². The van der Waals surface area contributed by atoms with Gasteiger partial charge in [0, 0.05) is 26.2 Å². The van der Waals surface area contributed by atoms with Crippen LogP contribution in [0.2, 0.25) is 10.0 Å². The third kappa shape index (κ3) is 4.93. The molecule has 0 atom stereocenters. The van der Waals surface area contributed by atoms with E-state index in [2.05, 4.69) is 5.10 Å². The van der Waals surface area contributed by atoms with Gasteiger partial charge in [0.1, 0.15) is 11.3 Å². The van der Waals surface area contributed by atoms with Crippen LogP contribution in [0.5, 0.6) is 0 Å². The van der Waals surface area contributed by atoms with Crippen molar-refractivity contribution in [2.24, 2.45) is 0 Å². The lowest BCUT2D eigenvalue weighted by Crippen LogP contribution is -2.50. The predicted molar refractivity (Wildman–Crippen MR) is 106 cm³/mol. The fourth-order valence-corrected chi connectivity index (χ4v) is 3.31. The van der Waals surface area contributed by atoms with Gasteiger partial charge in [-0.25, -0.2) is 0 Å². The monoisotopic (exact) mass is 460 g/mol. The van der Waals surface area contributed by atoms with Gasteiger partial charge in [-0.2, -0.15) is 17.9 Å². The Morgan fingerprint density at radius 3 is 2.33 bits per heavy atom. The molecule has 3 rings (SSSR count). The molecule has 12 heteroatoms. The Morgan fingerprint density at radius 1 is 1.07 bits per heavy atom. The Bertz CT molecular complexity index is 1030. The van der Waals surface area contributed by atoms with E-state index in [1.54, 1.807) is 28.0 Å². The van der Waals surface area contributed by atoms with Crippen LogP contribution in [0.25, 0.3) is 0 Å². The molecule has 1 aliphatic heterocycles. The number of nitrogens with zero attached hydrogens (tertiary/aromatic N) is 4. The molecule has 0 spiro atoms. The molecule has 2 heterocycles. The molecule has 1 aliphatic rings. The molecule has 2 aromatic rings. The molecule has 1 amide bonds. The standard InChI is InChI=1S/C18H17Cl2F3N6O/c19-12-2-1-11(9-13(12)20)10-16(30)28-7-5-27(6-8-28)15-4-3-14(24)29(26-15)17(25)18(21,22)23/h1-4,9,24-25H,5-8,10H2. The summed E-state index contributed by atoms with van der Waals surface area (Å²) in [5.74, 6) is -1.63. The molecule has 1 aromatic heterocycles. The van der Waals surface area contributed by atoms with Gasteiger partial charge in [-0.15, -0.1) is 5.10 Å². The highest BCUT2D eigenvalue weighted by Gasteiger charge is 2.37. The molecule has 0 saturated carbocycles. The highest BCUT2D eigenvalue weighted by Crippen LogP contribution is 2.23. The van der Waals surface area contributed by atoms with Gasteiger partial charge in [-0.1, -0.05) is 29.3 Å². The molecule has 0 bridgehead atoms. The minimum Gasteiger partial charge on any atom is -0.352 e. The summed E-state index contributed by atoms with van der Waals surface area (Å²) in [6, 6.07) is 7.57.